The SMILES string of the molecule is CC(C)CNCC1(Cc2ccccc2)CCCc2ccccc21. The van der Waals surface area contributed by atoms with Crippen LogP contribution < -0.4 is 5.32 Å². The number of hydrogen-bond acceptors (Lipinski definition) is 1. The van der Waals surface area contributed by atoms with Gasteiger partial charge in [-0.15, -0.1) is 0 Å². The second kappa shape index (κ2) is 7.31. The largest absolute Gasteiger partial charge is 0.316 e. The second-order valence-corrected chi connectivity index (χ2v) is 7.48. The summed E-state index contributed by atoms with van der Waals surface area (Å²) >= 11 is 0. The first-order valence-corrected chi connectivity index (χ1v) is 9.03. The average Bonchev–Trinajstić information content (AvgIpc) is 2.56. The lowest BCUT2D eigenvalue weighted by molar-refractivity contribution is 0.329. The molecule has 0 bridgehead atoms. The van der Waals surface area contributed by atoms with Crippen molar-refractivity contribution in [1.82, 2.24) is 5.32 Å². The van der Waals surface area contributed by atoms with Crippen molar-refractivity contribution >= 4 is 0 Å². The van der Waals surface area contributed by atoms with Gasteiger partial charge in [0.15, 0.2) is 0 Å². The van der Waals surface area contributed by atoms with Crippen LogP contribution in [0, 0.1) is 5.92 Å². The summed E-state index contributed by atoms with van der Waals surface area (Å²) in [4.78, 5) is 0. The van der Waals surface area contributed by atoms with E-state index in [1.54, 1.807) is 11.1 Å². The Hall–Kier alpha value is -1.60. The summed E-state index contributed by atoms with van der Waals surface area (Å²) in [6.45, 7) is 6.74. The quantitative estimate of drug-likeness (QED) is 0.812. The Bertz CT molecular complexity index is 617. The van der Waals surface area contributed by atoms with E-state index in [0.717, 1.165) is 19.5 Å². The highest BCUT2D eigenvalue weighted by Gasteiger charge is 2.36. The fourth-order valence-corrected chi connectivity index (χ4v) is 4.02. The summed E-state index contributed by atoms with van der Waals surface area (Å²) in [6.07, 6.45) is 4.95. The van der Waals surface area contributed by atoms with Crippen LogP contribution >= 0.6 is 0 Å². The lowest BCUT2D eigenvalue weighted by Crippen LogP contribution is -2.43. The number of aryl methyl sites for hydroxylation is 1. The zero-order chi connectivity index (χ0) is 16.1. The van der Waals surface area contributed by atoms with Gasteiger partial charge in [0.25, 0.3) is 0 Å². The highest BCUT2D eigenvalue weighted by Crippen LogP contribution is 2.39. The molecule has 0 aliphatic heterocycles. The summed E-state index contributed by atoms with van der Waals surface area (Å²) < 4.78 is 0. The first kappa shape index (κ1) is 16.3. The molecule has 0 heterocycles. The molecule has 0 spiro atoms. The minimum Gasteiger partial charge on any atom is -0.316 e. The van der Waals surface area contributed by atoms with Gasteiger partial charge in [0.2, 0.25) is 0 Å². The van der Waals surface area contributed by atoms with Gasteiger partial charge in [0, 0.05) is 12.0 Å². The summed E-state index contributed by atoms with van der Waals surface area (Å²) in [7, 11) is 0. The molecular weight excluding hydrogens is 278 g/mol. The molecule has 2 aromatic carbocycles. The van der Waals surface area contributed by atoms with E-state index < -0.39 is 0 Å². The Kier molecular flexibility index (Phi) is 5.17. The van der Waals surface area contributed by atoms with E-state index in [1.807, 2.05) is 0 Å². The van der Waals surface area contributed by atoms with Gasteiger partial charge in [-0.2, -0.15) is 0 Å². The number of benzene rings is 2. The summed E-state index contributed by atoms with van der Waals surface area (Å²) in [6, 6.07) is 20.1. The smallest absolute Gasteiger partial charge is 0.0121 e. The van der Waals surface area contributed by atoms with Crippen molar-refractivity contribution in [2.75, 3.05) is 13.1 Å². The number of rotatable bonds is 6. The molecule has 0 fully saturated rings. The Labute approximate surface area is 141 Å². The predicted octanol–water partition coefficient (Wildman–Crippen LogP) is 4.75. The lowest BCUT2D eigenvalue weighted by atomic mass is 9.66. The van der Waals surface area contributed by atoms with Crippen LogP contribution in [0.1, 0.15) is 43.4 Å². The molecule has 0 radical (unpaired) electrons. The predicted molar refractivity (Wildman–Crippen MR) is 98.9 cm³/mol. The minimum atomic E-state index is 0.241. The van der Waals surface area contributed by atoms with Crippen molar-refractivity contribution in [1.29, 1.82) is 0 Å². The van der Waals surface area contributed by atoms with Crippen molar-refractivity contribution < 1.29 is 0 Å². The van der Waals surface area contributed by atoms with E-state index in [0.29, 0.717) is 5.92 Å². The maximum Gasteiger partial charge on any atom is 0.0121 e. The van der Waals surface area contributed by atoms with Crippen LogP contribution in [0.25, 0.3) is 0 Å². The fourth-order valence-electron chi connectivity index (χ4n) is 4.02. The molecule has 1 aliphatic rings. The topological polar surface area (TPSA) is 12.0 Å². The van der Waals surface area contributed by atoms with Gasteiger partial charge in [-0.3, -0.25) is 0 Å². The summed E-state index contributed by atoms with van der Waals surface area (Å²) in [5.74, 6) is 0.697. The van der Waals surface area contributed by atoms with E-state index in [2.05, 4.69) is 73.8 Å². The van der Waals surface area contributed by atoms with Crippen molar-refractivity contribution in [3.8, 4) is 0 Å². The van der Waals surface area contributed by atoms with Crippen LogP contribution in [0.15, 0.2) is 54.6 Å². The third-order valence-electron chi connectivity index (χ3n) is 5.09. The van der Waals surface area contributed by atoms with E-state index in [4.69, 9.17) is 0 Å². The standard InChI is InChI=1S/C22H29N/c1-18(2)16-23-17-22(15-19-9-4-3-5-10-19)14-8-12-20-11-6-7-13-21(20)22/h3-7,9-11,13,18,23H,8,12,14-17H2,1-2H3. The van der Waals surface area contributed by atoms with Gasteiger partial charge in [0.05, 0.1) is 0 Å². The highest BCUT2D eigenvalue weighted by molar-refractivity contribution is 5.39. The Morgan fingerprint density at radius 3 is 2.52 bits per heavy atom. The molecule has 0 saturated carbocycles. The van der Waals surface area contributed by atoms with Crippen LogP contribution in [0.4, 0.5) is 0 Å². The summed E-state index contributed by atoms with van der Waals surface area (Å²) in [5, 5.41) is 3.76. The van der Waals surface area contributed by atoms with E-state index >= 15 is 0 Å². The Balaban J connectivity index is 1.91. The molecule has 2 aromatic rings. The molecule has 3 rings (SSSR count). The van der Waals surface area contributed by atoms with Gasteiger partial charge in [-0.05, 0) is 54.8 Å². The number of hydrogen-bond donors (Lipinski definition) is 1. The zero-order valence-electron chi connectivity index (χ0n) is 14.5. The van der Waals surface area contributed by atoms with Crippen molar-refractivity contribution in [2.24, 2.45) is 5.92 Å². The normalized spacial score (nSPS) is 20.5. The molecule has 0 saturated heterocycles. The monoisotopic (exact) mass is 307 g/mol. The molecule has 1 aliphatic carbocycles. The highest BCUT2D eigenvalue weighted by atomic mass is 14.9. The molecule has 1 nitrogen and oxygen atoms in total. The van der Waals surface area contributed by atoms with Gasteiger partial charge in [-0.25, -0.2) is 0 Å². The fraction of sp³-hybridized carbons (Fsp3) is 0.455. The maximum absolute atomic E-state index is 3.76. The first-order chi connectivity index (χ1) is 11.2. The van der Waals surface area contributed by atoms with Gasteiger partial charge in [-0.1, -0.05) is 68.4 Å². The third kappa shape index (κ3) is 3.84. The minimum absolute atomic E-state index is 0.241. The van der Waals surface area contributed by atoms with Crippen molar-refractivity contribution in [3.63, 3.8) is 0 Å². The molecule has 1 N–H and O–H groups in total. The van der Waals surface area contributed by atoms with Crippen LogP contribution in [0.5, 0.6) is 0 Å². The second-order valence-electron chi connectivity index (χ2n) is 7.48. The Morgan fingerprint density at radius 1 is 1.00 bits per heavy atom. The van der Waals surface area contributed by atoms with E-state index in [9.17, 15) is 0 Å². The van der Waals surface area contributed by atoms with E-state index in [-0.39, 0.29) is 5.41 Å². The van der Waals surface area contributed by atoms with Crippen LogP contribution in [0.2, 0.25) is 0 Å². The van der Waals surface area contributed by atoms with Gasteiger partial charge < -0.3 is 5.32 Å². The molecule has 1 atom stereocenters. The summed E-state index contributed by atoms with van der Waals surface area (Å²) in [5.41, 5.74) is 4.83. The molecule has 1 unspecified atom stereocenters. The molecule has 1 heteroatoms. The van der Waals surface area contributed by atoms with Crippen LogP contribution in [-0.4, -0.2) is 13.1 Å². The molecule has 122 valence electrons. The average molecular weight is 307 g/mol. The molecular formula is C22H29N. The van der Waals surface area contributed by atoms with E-state index in [1.165, 1.54) is 24.8 Å². The van der Waals surface area contributed by atoms with Crippen LogP contribution in [0.3, 0.4) is 0 Å². The van der Waals surface area contributed by atoms with Crippen molar-refractivity contribution in [3.05, 3.63) is 71.3 Å². The molecule has 0 aromatic heterocycles. The van der Waals surface area contributed by atoms with Crippen LogP contribution in [-0.2, 0) is 18.3 Å². The number of fused-ring (bicyclic) bond motifs is 1. The lowest BCUT2D eigenvalue weighted by Gasteiger charge is -2.40. The number of nitrogens with one attached hydrogen (secondary N) is 1. The molecule has 23 heavy (non-hydrogen) atoms. The zero-order valence-corrected chi connectivity index (χ0v) is 14.5. The Morgan fingerprint density at radius 2 is 1.74 bits per heavy atom. The van der Waals surface area contributed by atoms with Crippen molar-refractivity contribution in [2.45, 2.75) is 44.9 Å². The molecule has 0 amide bonds. The maximum atomic E-state index is 3.76. The first-order valence-electron chi connectivity index (χ1n) is 9.03. The third-order valence-corrected chi connectivity index (χ3v) is 5.09. The van der Waals surface area contributed by atoms with Gasteiger partial charge in [0.1, 0.15) is 0 Å². The van der Waals surface area contributed by atoms with Gasteiger partial charge >= 0.3 is 0 Å².